The lowest BCUT2D eigenvalue weighted by molar-refractivity contribution is -0.147. The number of esters is 1. The van der Waals surface area contributed by atoms with Crippen LogP contribution in [0.2, 0.25) is 0 Å². The highest BCUT2D eigenvalue weighted by atomic mass is 16.5. The zero-order chi connectivity index (χ0) is 19.6. The number of amides is 2. The lowest BCUT2D eigenvalue weighted by atomic mass is 10.1. The Morgan fingerprint density at radius 3 is 2.70 bits per heavy atom. The Morgan fingerprint density at radius 2 is 2.04 bits per heavy atom. The van der Waals surface area contributed by atoms with Gasteiger partial charge in [0.2, 0.25) is 5.91 Å². The van der Waals surface area contributed by atoms with Crippen molar-refractivity contribution in [2.24, 2.45) is 0 Å². The van der Waals surface area contributed by atoms with Crippen LogP contribution in [0.5, 0.6) is 0 Å². The van der Waals surface area contributed by atoms with Crippen molar-refractivity contribution in [3.8, 4) is 0 Å². The van der Waals surface area contributed by atoms with Crippen molar-refractivity contribution in [3.63, 3.8) is 0 Å². The first-order chi connectivity index (χ1) is 13.0. The summed E-state index contributed by atoms with van der Waals surface area (Å²) in [6, 6.07) is 9.08. The molecule has 1 heterocycles. The fourth-order valence-electron chi connectivity index (χ4n) is 2.38. The van der Waals surface area contributed by atoms with Crippen molar-refractivity contribution in [3.05, 3.63) is 59.9 Å². The fourth-order valence-corrected chi connectivity index (χ4v) is 2.38. The number of nitrogen functional groups attached to an aromatic ring is 1. The number of hydrogen-bond acceptors (Lipinski definition) is 6. The van der Waals surface area contributed by atoms with Gasteiger partial charge in [0.25, 0.3) is 5.91 Å². The average Bonchev–Trinajstić information content (AvgIpc) is 2.66. The highest BCUT2D eigenvalue weighted by Gasteiger charge is 2.22. The van der Waals surface area contributed by atoms with Crippen molar-refractivity contribution in [1.82, 2.24) is 15.6 Å². The van der Waals surface area contributed by atoms with Crippen molar-refractivity contribution in [1.29, 1.82) is 0 Å². The van der Waals surface area contributed by atoms with Crippen LogP contribution in [0.1, 0.15) is 22.8 Å². The van der Waals surface area contributed by atoms with E-state index in [0.717, 1.165) is 5.56 Å². The largest absolute Gasteiger partial charge is 0.464 e. The zero-order valence-corrected chi connectivity index (χ0v) is 15.0. The van der Waals surface area contributed by atoms with Gasteiger partial charge in [0, 0.05) is 30.1 Å². The van der Waals surface area contributed by atoms with E-state index in [2.05, 4.69) is 15.6 Å². The number of aromatic nitrogens is 1. The van der Waals surface area contributed by atoms with E-state index in [4.69, 9.17) is 10.5 Å². The molecule has 1 aromatic heterocycles. The molecule has 0 saturated carbocycles. The van der Waals surface area contributed by atoms with E-state index in [1.165, 1.54) is 6.07 Å². The van der Waals surface area contributed by atoms with Crippen LogP contribution in [0.4, 0.5) is 5.69 Å². The van der Waals surface area contributed by atoms with Crippen molar-refractivity contribution >= 4 is 23.5 Å². The number of ether oxygens (including phenoxy) is 1. The summed E-state index contributed by atoms with van der Waals surface area (Å²) in [5.41, 5.74) is 7.21. The molecule has 0 aliphatic heterocycles. The van der Waals surface area contributed by atoms with Crippen LogP contribution in [0.25, 0.3) is 0 Å². The molecular weight excluding hydrogens is 348 g/mol. The van der Waals surface area contributed by atoms with E-state index < -0.39 is 23.8 Å². The van der Waals surface area contributed by atoms with E-state index in [-0.39, 0.29) is 19.6 Å². The predicted molar refractivity (Wildman–Crippen MR) is 99.7 cm³/mol. The SMILES string of the molecule is CCOC(=O)C(Cc1cccnc1)NC(=O)CNC(=O)c1cccc(N)c1. The molecule has 0 radical (unpaired) electrons. The number of rotatable bonds is 8. The van der Waals surface area contributed by atoms with Gasteiger partial charge >= 0.3 is 5.97 Å². The highest BCUT2D eigenvalue weighted by molar-refractivity contribution is 5.97. The monoisotopic (exact) mass is 370 g/mol. The first-order valence-corrected chi connectivity index (χ1v) is 8.48. The number of anilines is 1. The third-order valence-electron chi connectivity index (χ3n) is 3.63. The third-order valence-corrected chi connectivity index (χ3v) is 3.63. The van der Waals surface area contributed by atoms with Gasteiger partial charge in [0.1, 0.15) is 6.04 Å². The molecule has 27 heavy (non-hydrogen) atoms. The molecule has 142 valence electrons. The third kappa shape index (κ3) is 6.43. The lowest BCUT2D eigenvalue weighted by Crippen LogP contribution is -2.47. The smallest absolute Gasteiger partial charge is 0.328 e. The molecule has 1 atom stereocenters. The van der Waals surface area contributed by atoms with Crippen LogP contribution in [-0.4, -0.2) is 42.0 Å². The molecule has 4 N–H and O–H groups in total. The minimum Gasteiger partial charge on any atom is -0.464 e. The number of benzene rings is 1. The van der Waals surface area contributed by atoms with Gasteiger partial charge in [0.15, 0.2) is 0 Å². The summed E-state index contributed by atoms with van der Waals surface area (Å²) < 4.78 is 5.01. The molecule has 8 heteroatoms. The average molecular weight is 370 g/mol. The second-order valence-electron chi connectivity index (χ2n) is 5.75. The van der Waals surface area contributed by atoms with Gasteiger partial charge in [-0.1, -0.05) is 12.1 Å². The van der Waals surface area contributed by atoms with E-state index >= 15 is 0 Å². The number of hydrogen-bond donors (Lipinski definition) is 3. The topological polar surface area (TPSA) is 123 Å². The Kier molecular flexibility index (Phi) is 7.30. The summed E-state index contributed by atoms with van der Waals surface area (Å²) in [7, 11) is 0. The van der Waals surface area contributed by atoms with Crippen LogP contribution in [0, 0.1) is 0 Å². The van der Waals surface area contributed by atoms with Crippen LogP contribution in [0.3, 0.4) is 0 Å². The van der Waals surface area contributed by atoms with Crippen LogP contribution in [-0.2, 0) is 20.7 Å². The summed E-state index contributed by atoms with van der Waals surface area (Å²) in [4.78, 5) is 40.4. The molecule has 0 saturated heterocycles. The van der Waals surface area contributed by atoms with Gasteiger partial charge in [-0.3, -0.25) is 14.6 Å². The second-order valence-corrected chi connectivity index (χ2v) is 5.75. The Bertz CT molecular complexity index is 795. The number of pyridine rings is 1. The van der Waals surface area contributed by atoms with Gasteiger partial charge in [-0.25, -0.2) is 4.79 Å². The van der Waals surface area contributed by atoms with Gasteiger partial charge in [-0.15, -0.1) is 0 Å². The van der Waals surface area contributed by atoms with Crippen LogP contribution < -0.4 is 16.4 Å². The van der Waals surface area contributed by atoms with Crippen LogP contribution in [0.15, 0.2) is 48.8 Å². The van der Waals surface area contributed by atoms with Crippen LogP contribution >= 0.6 is 0 Å². The molecule has 0 aliphatic carbocycles. The summed E-state index contributed by atoms with van der Waals surface area (Å²) in [6.45, 7) is 1.60. The molecule has 8 nitrogen and oxygen atoms in total. The standard InChI is InChI=1S/C19H22N4O4/c1-2-27-19(26)16(9-13-5-4-8-21-11-13)23-17(24)12-22-18(25)14-6-3-7-15(20)10-14/h3-8,10-11,16H,2,9,12,20H2,1H3,(H,22,25)(H,23,24). The molecular formula is C19H22N4O4. The molecule has 0 fully saturated rings. The Balaban J connectivity index is 1.94. The van der Waals surface area contributed by atoms with E-state index in [1.807, 2.05) is 0 Å². The van der Waals surface area contributed by atoms with Gasteiger partial charge in [-0.05, 0) is 36.8 Å². The van der Waals surface area contributed by atoms with E-state index in [9.17, 15) is 14.4 Å². The number of nitrogens with two attached hydrogens (primary N) is 1. The first-order valence-electron chi connectivity index (χ1n) is 8.48. The summed E-state index contributed by atoms with van der Waals surface area (Å²) in [5, 5.41) is 5.08. The summed E-state index contributed by atoms with van der Waals surface area (Å²) in [6.07, 6.45) is 3.47. The molecule has 1 aromatic carbocycles. The zero-order valence-electron chi connectivity index (χ0n) is 15.0. The molecule has 0 spiro atoms. The number of nitrogens with zero attached hydrogens (tertiary/aromatic N) is 1. The molecule has 2 rings (SSSR count). The Labute approximate surface area is 157 Å². The van der Waals surface area contributed by atoms with Gasteiger partial charge < -0.3 is 21.1 Å². The van der Waals surface area contributed by atoms with Gasteiger partial charge in [-0.2, -0.15) is 0 Å². The molecule has 2 aromatic rings. The van der Waals surface area contributed by atoms with E-state index in [1.54, 1.807) is 49.6 Å². The quantitative estimate of drug-likeness (QED) is 0.464. The first kappa shape index (κ1) is 19.9. The number of nitrogens with one attached hydrogen (secondary N) is 2. The number of carbonyl (C=O) groups is 3. The molecule has 2 amide bonds. The summed E-state index contributed by atoms with van der Waals surface area (Å²) >= 11 is 0. The van der Waals surface area contributed by atoms with E-state index in [0.29, 0.717) is 11.3 Å². The minimum absolute atomic E-state index is 0.199. The summed E-state index contributed by atoms with van der Waals surface area (Å²) in [5.74, 6) is -1.48. The molecule has 1 unspecified atom stereocenters. The maximum absolute atomic E-state index is 12.2. The van der Waals surface area contributed by atoms with Crippen molar-refractivity contribution < 1.29 is 19.1 Å². The Hall–Kier alpha value is -3.42. The number of carbonyl (C=O) groups excluding carboxylic acids is 3. The Morgan fingerprint density at radius 1 is 1.22 bits per heavy atom. The fraction of sp³-hybridized carbons (Fsp3) is 0.263. The molecule has 0 aliphatic rings. The van der Waals surface area contributed by atoms with Crippen molar-refractivity contribution in [2.75, 3.05) is 18.9 Å². The minimum atomic E-state index is -0.870. The maximum atomic E-state index is 12.2. The lowest BCUT2D eigenvalue weighted by Gasteiger charge is -2.17. The maximum Gasteiger partial charge on any atom is 0.328 e. The van der Waals surface area contributed by atoms with Gasteiger partial charge in [0.05, 0.1) is 13.2 Å². The molecule has 0 bridgehead atoms. The highest BCUT2D eigenvalue weighted by Crippen LogP contribution is 2.06. The van der Waals surface area contributed by atoms with Crippen molar-refractivity contribution in [2.45, 2.75) is 19.4 Å². The predicted octanol–water partition coefficient (Wildman–Crippen LogP) is 0.684. The second kappa shape index (κ2) is 9.91. The normalized spacial score (nSPS) is 11.3.